The van der Waals surface area contributed by atoms with Gasteiger partial charge in [-0.25, -0.2) is 0 Å². The molecule has 142 valence electrons. The van der Waals surface area contributed by atoms with Crippen molar-refractivity contribution in [1.29, 1.82) is 5.26 Å². The molecule has 2 amide bonds. The van der Waals surface area contributed by atoms with Crippen molar-refractivity contribution < 1.29 is 19.1 Å². The van der Waals surface area contributed by atoms with E-state index in [9.17, 15) is 9.59 Å². The molecule has 1 aliphatic heterocycles. The summed E-state index contributed by atoms with van der Waals surface area (Å²) in [7, 11) is 0. The van der Waals surface area contributed by atoms with Gasteiger partial charge in [0.25, 0.3) is 11.8 Å². The first-order valence-corrected chi connectivity index (χ1v) is 8.75. The van der Waals surface area contributed by atoms with E-state index in [1.54, 1.807) is 60.7 Å². The lowest BCUT2D eigenvalue weighted by atomic mass is 10.1. The Morgan fingerprint density at radius 3 is 2.10 bits per heavy atom. The minimum absolute atomic E-state index is 0.156. The lowest BCUT2D eigenvalue weighted by molar-refractivity contribution is 0.102. The maximum absolute atomic E-state index is 12.6. The van der Waals surface area contributed by atoms with Crippen LogP contribution in [0.4, 0.5) is 11.4 Å². The summed E-state index contributed by atoms with van der Waals surface area (Å²) in [4.78, 5) is 25.1. The van der Waals surface area contributed by atoms with Gasteiger partial charge in [-0.3, -0.25) is 9.59 Å². The van der Waals surface area contributed by atoms with Gasteiger partial charge >= 0.3 is 0 Å². The number of hydrogen-bond acceptors (Lipinski definition) is 5. The summed E-state index contributed by atoms with van der Waals surface area (Å²) < 4.78 is 10.6. The number of carbonyl (C=O) groups is 2. The Morgan fingerprint density at radius 2 is 1.41 bits per heavy atom. The summed E-state index contributed by atoms with van der Waals surface area (Å²) >= 11 is 0. The van der Waals surface area contributed by atoms with E-state index >= 15 is 0 Å². The Bertz CT molecular complexity index is 1130. The number of nitriles is 1. The fourth-order valence-corrected chi connectivity index (χ4v) is 2.81. The number of amides is 2. The highest BCUT2D eigenvalue weighted by Gasteiger charge is 2.15. The second-order valence-electron chi connectivity index (χ2n) is 6.25. The zero-order valence-corrected chi connectivity index (χ0v) is 15.1. The number of hydrogen-bond donors (Lipinski definition) is 2. The van der Waals surface area contributed by atoms with Crippen molar-refractivity contribution in [2.75, 3.05) is 17.4 Å². The zero-order valence-electron chi connectivity index (χ0n) is 15.1. The van der Waals surface area contributed by atoms with Crippen molar-refractivity contribution in [2.45, 2.75) is 0 Å². The molecule has 0 atom stereocenters. The van der Waals surface area contributed by atoms with Crippen LogP contribution < -0.4 is 20.1 Å². The van der Waals surface area contributed by atoms with Crippen LogP contribution in [-0.2, 0) is 0 Å². The maximum Gasteiger partial charge on any atom is 0.255 e. The lowest BCUT2D eigenvalue weighted by Crippen LogP contribution is -2.15. The second-order valence-corrected chi connectivity index (χ2v) is 6.25. The van der Waals surface area contributed by atoms with Crippen molar-refractivity contribution in [3.8, 4) is 17.6 Å². The number of fused-ring (bicyclic) bond motifs is 1. The summed E-state index contributed by atoms with van der Waals surface area (Å²) in [5, 5.41) is 14.4. The third kappa shape index (κ3) is 4.01. The first kappa shape index (κ1) is 18.1. The molecule has 7 heteroatoms. The third-order valence-electron chi connectivity index (χ3n) is 4.29. The molecule has 0 aromatic heterocycles. The number of benzene rings is 3. The largest absolute Gasteiger partial charge is 0.454 e. The molecule has 0 bridgehead atoms. The van der Waals surface area contributed by atoms with Crippen LogP contribution in [0.5, 0.6) is 11.5 Å². The maximum atomic E-state index is 12.6. The number of nitrogens with zero attached hydrogens (tertiary/aromatic N) is 1. The molecule has 0 fully saturated rings. The van der Waals surface area contributed by atoms with E-state index in [1.807, 2.05) is 6.07 Å². The summed E-state index contributed by atoms with van der Waals surface area (Å²) in [6.45, 7) is 0.156. The molecule has 1 aliphatic rings. The molecule has 29 heavy (non-hydrogen) atoms. The molecule has 7 nitrogen and oxygen atoms in total. The quantitative estimate of drug-likeness (QED) is 0.712. The topological polar surface area (TPSA) is 100 Å². The van der Waals surface area contributed by atoms with Crippen molar-refractivity contribution in [2.24, 2.45) is 0 Å². The van der Waals surface area contributed by atoms with Crippen LogP contribution in [-0.4, -0.2) is 18.6 Å². The number of rotatable bonds is 4. The Labute approximate surface area is 166 Å². The molecule has 0 saturated carbocycles. The van der Waals surface area contributed by atoms with E-state index in [2.05, 4.69) is 10.6 Å². The highest BCUT2D eigenvalue weighted by atomic mass is 16.7. The number of ether oxygens (including phenoxy) is 2. The van der Waals surface area contributed by atoms with E-state index in [0.29, 0.717) is 39.6 Å². The van der Waals surface area contributed by atoms with Gasteiger partial charge in [0.15, 0.2) is 11.5 Å². The molecule has 0 saturated heterocycles. The molecular weight excluding hydrogens is 370 g/mol. The van der Waals surface area contributed by atoms with Gasteiger partial charge < -0.3 is 20.1 Å². The van der Waals surface area contributed by atoms with Gasteiger partial charge in [0, 0.05) is 28.6 Å². The van der Waals surface area contributed by atoms with E-state index in [-0.39, 0.29) is 18.6 Å². The number of carbonyl (C=O) groups excluding carboxylic acids is 2. The summed E-state index contributed by atoms with van der Waals surface area (Å²) in [6.07, 6.45) is 0. The standard InChI is InChI=1S/C22H15N3O4/c23-12-14-4-6-17(7-5-14)24-21(26)15-2-1-3-16(10-15)22(27)25-18-8-9-19-20(11-18)29-13-28-19/h1-11H,13H2,(H,24,26)(H,25,27). The monoisotopic (exact) mass is 385 g/mol. The summed E-state index contributed by atoms with van der Waals surface area (Å²) in [5.41, 5.74) is 2.31. The number of anilines is 2. The van der Waals surface area contributed by atoms with Crippen LogP contribution in [0.1, 0.15) is 26.3 Å². The average Bonchev–Trinajstić information content (AvgIpc) is 3.22. The Balaban J connectivity index is 1.46. The third-order valence-corrected chi connectivity index (χ3v) is 4.29. The minimum Gasteiger partial charge on any atom is -0.454 e. The van der Waals surface area contributed by atoms with Crippen LogP contribution in [0, 0.1) is 11.3 Å². The van der Waals surface area contributed by atoms with Crippen molar-refractivity contribution in [3.05, 3.63) is 83.4 Å². The summed E-state index contributed by atoms with van der Waals surface area (Å²) in [5.74, 6) is 0.493. The van der Waals surface area contributed by atoms with Gasteiger partial charge in [-0.1, -0.05) is 6.07 Å². The molecular formula is C22H15N3O4. The van der Waals surface area contributed by atoms with Gasteiger partial charge in [0.05, 0.1) is 11.6 Å². The molecule has 0 aliphatic carbocycles. The first-order valence-electron chi connectivity index (χ1n) is 8.75. The van der Waals surface area contributed by atoms with E-state index < -0.39 is 0 Å². The molecule has 0 radical (unpaired) electrons. The predicted octanol–water partition coefficient (Wildman–Crippen LogP) is 3.79. The van der Waals surface area contributed by atoms with Crippen LogP contribution in [0.15, 0.2) is 66.7 Å². The van der Waals surface area contributed by atoms with Gasteiger partial charge in [-0.2, -0.15) is 5.26 Å². The highest BCUT2D eigenvalue weighted by Crippen LogP contribution is 2.34. The normalized spacial score (nSPS) is 11.4. The van der Waals surface area contributed by atoms with E-state index in [0.717, 1.165) is 0 Å². The molecule has 1 heterocycles. The van der Waals surface area contributed by atoms with Crippen molar-refractivity contribution >= 4 is 23.2 Å². The van der Waals surface area contributed by atoms with Gasteiger partial charge in [-0.15, -0.1) is 0 Å². The van der Waals surface area contributed by atoms with Crippen LogP contribution in [0.25, 0.3) is 0 Å². The average molecular weight is 385 g/mol. The molecule has 3 aromatic rings. The van der Waals surface area contributed by atoms with Crippen molar-refractivity contribution in [3.63, 3.8) is 0 Å². The first-order chi connectivity index (χ1) is 14.1. The smallest absolute Gasteiger partial charge is 0.255 e. The summed E-state index contributed by atoms with van der Waals surface area (Å²) in [6, 6.07) is 20.1. The molecule has 4 rings (SSSR count). The van der Waals surface area contributed by atoms with Crippen LogP contribution >= 0.6 is 0 Å². The Morgan fingerprint density at radius 1 is 0.793 bits per heavy atom. The van der Waals surface area contributed by atoms with Crippen molar-refractivity contribution in [1.82, 2.24) is 0 Å². The molecule has 2 N–H and O–H groups in total. The highest BCUT2D eigenvalue weighted by molar-refractivity contribution is 6.08. The van der Waals surface area contributed by atoms with Gasteiger partial charge in [-0.05, 0) is 54.6 Å². The molecule has 3 aromatic carbocycles. The van der Waals surface area contributed by atoms with Crippen LogP contribution in [0.3, 0.4) is 0 Å². The Kier molecular flexibility index (Phi) is 4.82. The minimum atomic E-state index is -0.354. The SMILES string of the molecule is N#Cc1ccc(NC(=O)c2cccc(C(=O)Nc3ccc4c(c3)OCO4)c2)cc1. The zero-order chi connectivity index (χ0) is 20.2. The second kappa shape index (κ2) is 7.74. The molecule has 0 spiro atoms. The number of nitrogens with one attached hydrogen (secondary N) is 2. The fraction of sp³-hybridized carbons (Fsp3) is 0.0455. The fourth-order valence-electron chi connectivity index (χ4n) is 2.81. The van der Waals surface area contributed by atoms with E-state index in [1.165, 1.54) is 6.07 Å². The van der Waals surface area contributed by atoms with E-state index in [4.69, 9.17) is 14.7 Å². The Hall–Kier alpha value is -4.31. The van der Waals surface area contributed by atoms with Gasteiger partial charge in [0.1, 0.15) is 0 Å². The predicted molar refractivity (Wildman–Crippen MR) is 106 cm³/mol. The van der Waals surface area contributed by atoms with Crippen LogP contribution in [0.2, 0.25) is 0 Å². The lowest BCUT2D eigenvalue weighted by Gasteiger charge is -2.09. The molecule has 0 unspecified atom stereocenters. The van der Waals surface area contributed by atoms with Gasteiger partial charge in [0.2, 0.25) is 6.79 Å².